The van der Waals surface area contributed by atoms with Crippen LogP contribution in [0.5, 0.6) is 11.5 Å². The third-order valence-electron chi connectivity index (χ3n) is 3.72. The summed E-state index contributed by atoms with van der Waals surface area (Å²) >= 11 is 5.82. The number of carbonyl (C=O) groups excluding carboxylic acids is 2. The van der Waals surface area contributed by atoms with Crippen molar-refractivity contribution in [3.05, 3.63) is 53.1 Å². The second-order valence-electron chi connectivity index (χ2n) is 5.58. The Morgan fingerprint density at radius 2 is 2.04 bits per heavy atom. The van der Waals surface area contributed by atoms with Gasteiger partial charge in [0, 0.05) is 17.6 Å². The molecule has 130 valence electrons. The molecule has 0 aliphatic carbocycles. The molecule has 0 saturated heterocycles. The van der Waals surface area contributed by atoms with Gasteiger partial charge in [0.2, 0.25) is 0 Å². The van der Waals surface area contributed by atoms with Crippen LogP contribution in [0.25, 0.3) is 0 Å². The average molecular weight is 361 g/mol. The van der Waals surface area contributed by atoms with Crippen LogP contribution in [0.3, 0.4) is 0 Å². The molecule has 0 saturated carbocycles. The van der Waals surface area contributed by atoms with E-state index in [-0.39, 0.29) is 18.4 Å². The number of anilines is 1. The lowest BCUT2D eigenvalue weighted by molar-refractivity contribution is -0.118. The van der Waals surface area contributed by atoms with E-state index in [0.29, 0.717) is 40.9 Å². The highest BCUT2D eigenvalue weighted by Crippen LogP contribution is 2.28. The number of likely N-dealkylation sites (N-methyl/N-ethyl adjacent to an activating group) is 1. The van der Waals surface area contributed by atoms with E-state index in [9.17, 15) is 9.59 Å². The van der Waals surface area contributed by atoms with Gasteiger partial charge in [-0.15, -0.1) is 0 Å². The third-order valence-corrected chi connectivity index (χ3v) is 3.97. The Kier molecular flexibility index (Phi) is 5.09. The van der Waals surface area contributed by atoms with E-state index in [1.165, 1.54) is 0 Å². The number of nitrogens with zero attached hydrogens (tertiary/aromatic N) is 1. The molecule has 1 aliphatic rings. The van der Waals surface area contributed by atoms with Crippen molar-refractivity contribution in [3.8, 4) is 11.5 Å². The van der Waals surface area contributed by atoms with Crippen molar-refractivity contribution in [3.63, 3.8) is 0 Å². The summed E-state index contributed by atoms with van der Waals surface area (Å²) in [5.41, 5.74) is 1.06. The lowest BCUT2D eigenvalue weighted by Crippen LogP contribution is -2.31. The van der Waals surface area contributed by atoms with Crippen LogP contribution in [0.1, 0.15) is 10.4 Å². The summed E-state index contributed by atoms with van der Waals surface area (Å²) in [6, 6.07) is 12.0. The van der Waals surface area contributed by atoms with Crippen molar-refractivity contribution in [2.45, 2.75) is 0 Å². The molecule has 25 heavy (non-hydrogen) atoms. The quantitative estimate of drug-likeness (QED) is 0.890. The summed E-state index contributed by atoms with van der Waals surface area (Å²) in [6.45, 7) is 0.743. The Hall–Kier alpha value is -2.73. The molecule has 0 spiro atoms. The maximum absolute atomic E-state index is 12.5. The van der Waals surface area contributed by atoms with E-state index < -0.39 is 0 Å². The van der Waals surface area contributed by atoms with Gasteiger partial charge < -0.3 is 19.7 Å². The molecule has 6 nitrogen and oxygen atoms in total. The van der Waals surface area contributed by atoms with E-state index >= 15 is 0 Å². The van der Waals surface area contributed by atoms with E-state index in [4.69, 9.17) is 21.1 Å². The van der Waals surface area contributed by atoms with Crippen molar-refractivity contribution in [2.24, 2.45) is 0 Å². The monoisotopic (exact) mass is 360 g/mol. The first-order valence-electron chi connectivity index (χ1n) is 7.73. The fourth-order valence-corrected chi connectivity index (χ4v) is 2.49. The summed E-state index contributed by atoms with van der Waals surface area (Å²) in [6.07, 6.45) is 0. The number of nitrogens with one attached hydrogen (secondary N) is 1. The number of ether oxygens (including phenoxy) is 2. The van der Waals surface area contributed by atoms with E-state index in [1.54, 1.807) is 54.4 Å². The summed E-state index contributed by atoms with van der Waals surface area (Å²) in [5, 5.41) is 3.34. The predicted molar refractivity (Wildman–Crippen MR) is 94.5 cm³/mol. The van der Waals surface area contributed by atoms with Crippen molar-refractivity contribution < 1.29 is 19.1 Å². The molecule has 0 aromatic heterocycles. The van der Waals surface area contributed by atoms with Crippen LogP contribution >= 0.6 is 11.6 Å². The average Bonchev–Trinajstić information content (AvgIpc) is 2.62. The molecule has 0 bridgehead atoms. The maximum atomic E-state index is 12.5. The maximum Gasteiger partial charge on any atom is 0.262 e. The fraction of sp³-hybridized carbons (Fsp3) is 0.222. The molecule has 0 unspecified atom stereocenters. The SMILES string of the molecule is CN(CCOc1ccc(Cl)cc1)C(=O)c1ccc2c(c1)OCC(=O)N2. The van der Waals surface area contributed by atoms with Gasteiger partial charge in [-0.2, -0.15) is 0 Å². The number of fused-ring (bicyclic) bond motifs is 1. The zero-order valence-corrected chi connectivity index (χ0v) is 14.4. The number of hydrogen-bond donors (Lipinski definition) is 1. The van der Waals surface area contributed by atoms with Gasteiger partial charge >= 0.3 is 0 Å². The number of carbonyl (C=O) groups is 2. The van der Waals surface area contributed by atoms with Gasteiger partial charge in [-0.05, 0) is 42.5 Å². The molecular weight excluding hydrogens is 344 g/mol. The Bertz CT molecular complexity index is 792. The van der Waals surface area contributed by atoms with Crippen LogP contribution in [-0.2, 0) is 4.79 Å². The zero-order chi connectivity index (χ0) is 17.8. The topological polar surface area (TPSA) is 67.9 Å². The summed E-state index contributed by atoms with van der Waals surface area (Å²) in [7, 11) is 1.70. The minimum atomic E-state index is -0.206. The molecule has 1 N–H and O–H groups in total. The predicted octanol–water partition coefficient (Wildman–Crippen LogP) is 2.82. The van der Waals surface area contributed by atoms with Gasteiger partial charge in [0.15, 0.2) is 6.61 Å². The summed E-state index contributed by atoms with van der Waals surface area (Å²) in [4.78, 5) is 25.3. The van der Waals surface area contributed by atoms with E-state index in [1.807, 2.05) is 0 Å². The number of amides is 2. The highest BCUT2D eigenvalue weighted by molar-refractivity contribution is 6.30. The summed E-state index contributed by atoms with van der Waals surface area (Å²) < 4.78 is 10.9. The van der Waals surface area contributed by atoms with Crippen LogP contribution < -0.4 is 14.8 Å². The molecular formula is C18H17ClN2O4. The van der Waals surface area contributed by atoms with Gasteiger partial charge in [0.1, 0.15) is 18.1 Å². The van der Waals surface area contributed by atoms with Crippen molar-refractivity contribution in [1.82, 2.24) is 4.90 Å². The molecule has 0 radical (unpaired) electrons. The molecule has 0 atom stereocenters. The lowest BCUT2D eigenvalue weighted by atomic mass is 10.1. The van der Waals surface area contributed by atoms with Crippen LogP contribution in [0.4, 0.5) is 5.69 Å². The minimum absolute atomic E-state index is 0.0462. The van der Waals surface area contributed by atoms with Crippen molar-refractivity contribution >= 4 is 29.1 Å². The Balaban J connectivity index is 1.57. The second-order valence-corrected chi connectivity index (χ2v) is 6.01. The number of rotatable bonds is 5. The highest BCUT2D eigenvalue weighted by Gasteiger charge is 2.19. The number of halogens is 1. The first kappa shape index (κ1) is 17.1. The van der Waals surface area contributed by atoms with Gasteiger partial charge in [-0.25, -0.2) is 0 Å². The lowest BCUT2D eigenvalue weighted by Gasteiger charge is -2.21. The standard InChI is InChI=1S/C18H17ClN2O4/c1-21(8-9-24-14-5-3-13(19)4-6-14)18(23)12-2-7-15-16(10-12)25-11-17(22)20-15/h2-7,10H,8-9,11H2,1H3,(H,20,22). The van der Waals surface area contributed by atoms with Gasteiger partial charge in [0.25, 0.3) is 11.8 Å². The van der Waals surface area contributed by atoms with Crippen LogP contribution in [0, 0.1) is 0 Å². The second kappa shape index (κ2) is 7.44. The first-order valence-corrected chi connectivity index (χ1v) is 8.11. The minimum Gasteiger partial charge on any atom is -0.492 e. The number of benzene rings is 2. The van der Waals surface area contributed by atoms with E-state index in [0.717, 1.165) is 0 Å². The fourth-order valence-electron chi connectivity index (χ4n) is 2.36. The molecule has 3 rings (SSSR count). The molecule has 1 aliphatic heterocycles. The molecule has 7 heteroatoms. The van der Waals surface area contributed by atoms with E-state index in [2.05, 4.69) is 5.32 Å². The third kappa shape index (κ3) is 4.22. The molecule has 2 aromatic rings. The van der Waals surface area contributed by atoms with Crippen LogP contribution in [-0.4, -0.2) is 43.5 Å². The van der Waals surface area contributed by atoms with Gasteiger partial charge in [0.05, 0.1) is 12.2 Å². The number of hydrogen-bond acceptors (Lipinski definition) is 4. The van der Waals surface area contributed by atoms with Crippen molar-refractivity contribution in [1.29, 1.82) is 0 Å². The largest absolute Gasteiger partial charge is 0.492 e. The Morgan fingerprint density at radius 1 is 1.28 bits per heavy atom. The van der Waals surface area contributed by atoms with Crippen molar-refractivity contribution in [2.75, 3.05) is 32.1 Å². The van der Waals surface area contributed by atoms with Gasteiger partial charge in [-0.1, -0.05) is 11.6 Å². The highest BCUT2D eigenvalue weighted by atomic mass is 35.5. The molecule has 1 heterocycles. The van der Waals surface area contributed by atoms with Gasteiger partial charge in [-0.3, -0.25) is 9.59 Å². The molecule has 2 aromatic carbocycles. The molecule has 2 amide bonds. The molecule has 0 fully saturated rings. The Morgan fingerprint density at radius 3 is 2.80 bits per heavy atom. The zero-order valence-electron chi connectivity index (χ0n) is 13.6. The van der Waals surface area contributed by atoms with Crippen LogP contribution in [0.2, 0.25) is 5.02 Å². The smallest absolute Gasteiger partial charge is 0.262 e. The normalized spacial score (nSPS) is 12.6. The Labute approximate surface area is 150 Å². The van der Waals surface area contributed by atoms with Crippen LogP contribution in [0.15, 0.2) is 42.5 Å². The summed E-state index contributed by atoms with van der Waals surface area (Å²) in [5.74, 6) is 0.838. The first-order chi connectivity index (χ1) is 12.0.